The Morgan fingerprint density at radius 1 is 0.651 bits per heavy atom. The average Bonchev–Trinajstić information content (AvgIpc) is 3.01. The summed E-state index contributed by atoms with van der Waals surface area (Å²) in [7, 11) is 0. The molecule has 1 aliphatic heterocycles. The van der Waals surface area contributed by atoms with Crippen molar-refractivity contribution < 1.29 is 0 Å². The number of hydrogen-bond acceptors (Lipinski definition) is 4. The Morgan fingerprint density at radius 3 is 1.53 bits per heavy atom. The first-order valence-electron chi connectivity index (χ1n) is 15.7. The van der Waals surface area contributed by atoms with Crippen LogP contribution in [-0.2, 0) is 10.8 Å². The number of rotatable bonds is 8. The number of hydrogen-bond donors (Lipinski definition) is 0. The molecule has 5 rings (SSSR count). The molecule has 0 spiro atoms. The number of nitrogens with zero attached hydrogens (tertiary/aromatic N) is 4. The van der Waals surface area contributed by atoms with Gasteiger partial charge in [0.15, 0.2) is 0 Å². The van der Waals surface area contributed by atoms with E-state index in [9.17, 15) is 0 Å². The van der Waals surface area contributed by atoms with E-state index >= 15 is 0 Å². The van der Waals surface area contributed by atoms with E-state index in [1.165, 1.54) is 15.9 Å². The molecule has 0 unspecified atom stereocenters. The van der Waals surface area contributed by atoms with Crippen molar-refractivity contribution in [3.63, 3.8) is 0 Å². The molecule has 43 heavy (non-hydrogen) atoms. The maximum atomic E-state index is 8.29. The molecule has 0 amide bonds. The number of piperazine rings is 1. The quantitative estimate of drug-likeness (QED) is 0.195. The van der Waals surface area contributed by atoms with Gasteiger partial charge in [-0.25, -0.2) is 0 Å². The summed E-state index contributed by atoms with van der Waals surface area (Å²) < 4.78 is 0. The summed E-state index contributed by atoms with van der Waals surface area (Å²) in [5.74, 6) is -1.24. The molecule has 0 saturated carbocycles. The fraction of sp³-hybridized carbons (Fsp3) is 0.405. The molecular formula is C37H48ClN4P. The summed E-state index contributed by atoms with van der Waals surface area (Å²) in [4.78, 5) is 15.1. The number of anilines is 1. The first-order valence-corrected chi connectivity index (χ1v) is 19.0. The summed E-state index contributed by atoms with van der Waals surface area (Å²) in [6, 6.07) is 34.7. The minimum absolute atomic E-state index is 0.0244. The van der Waals surface area contributed by atoms with E-state index in [0.29, 0.717) is 0 Å². The molecular weight excluding hydrogens is 567 g/mol. The molecule has 228 valence electrons. The molecule has 1 saturated heterocycles. The predicted molar refractivity (Wildman–Crippen MR) is 189 cm³/mol. The molecule has 1 aromatic heterocycles. The van der Waals surface area contributed by atoms with Crippen molar-refractivity contribution in [1.82, 2.24) is 14.9 Å². The summed E-state index contributed by atoms with van der Waals surface area (Å²) >= 11 is 8.29. The summed E-state index contributed by atoms with van der Waals surface area (Å²) in [6.07, 6.45) is 1.94. The van der Waals surface area contributed by atoms with Crippen molar-refractivity contribution >= 4 is 38.9 Å². The predicted octanol–water partition coefficient (Wildman–Crippen LogP) is 7.27. The van der Waals surface area contributed by atoms with Crippen LogP contribution < -0.4 is 20.8 Å². The van der Waals surface area contributed by atoms with Gasteiger partial charge in [-0.2, -0.15) is 0 Å². The van der Waals surface area contributed by atoms with Crippen molar-refractivity contribution in [3.8, 4) is 0 Å². The number of benzene rings is 3. The van der Waals surface area contributed by atoms with Crippen LogP contribution in [0.2, 0.25) is 0 Å². The Bertz CT molecular complexity index is 1360. The van der Waals surface area contributed by atoms with Gasteiger partial charge in [0, 0.05) is 0 Å². The van der Waals surface area contributed by atoms with Gasteiger partial charge in [-0.1, -0.05) is 0 Å². The van der Waals surface area contributed by atoms with Gasteiger partial charge in [0.05, 0.1) is 0 Å². The molecule has 1 aliphatic rings. The zero-order valence-corrected chi connectivity index (χ0v) is 28.5. The van der Waals surface area contributed by atoms with Crippen LogP contribution in [0.25, 0.3) is 0 Å². The van der Waals surface area contributed by atoms with Crippen LogP contribution in [0.5, 0.6) is 0 Å². The summed E-state index contributed by atoms with van der Waals surface area (Å²) in [5.41, 5.74) is 0.992. The second-order valence-electron chi connectivity index (χ2n) is 14.0. The molecule has 6 heteroatoms. The monoisotopic (exact) mass is 614 g/mol. The molecule has 4 nitrogen and oxygen atoms in total. The normalized spacial score (nSPS) is 16.1. The molecule has 3 aromatic carbocycles. The Hall–Kier alpha value is -2.78. The Labute approximate surface area is 264 Å². The van der Waals surface area contributed by atoms with Crippen molar-refractivity contribution in [3.05, 3.63) is 109 Å². The van der Waals surface area contributed by atoms with E-state index in [-0.39, 0.29) is 10.8 Å². The van der Waals surface area contributed by atoms with Crippen LogP contribution in [0.1, 0.15) is 59.5 Å². The third-order valence-electron chi connectivity index (χ3n) is 8.78. The van der Waals surface area contributed by atoms with Crippen LogP contribution in [0.15, 0.2) is 97.1 Å². The number of aromatic nitrogens is 2. The zero-order valence-electron chi connectivity index (χ0n) is 26.8. The first kappa shape index (κ1) is 31.6. The van der Waals surface area contributed by atoms with E-state index in [1.807, 2.05) is 0 Å². The molecule has 0 radical (unpaired) electrons. The fourth-order valence-electron chi connectivity index (χ4n) is 6.16. The third-order valence-corrected chi connectivity index (χ3v) is 16.3. The van der Waals surface area contributed by atoms with E-state index in [0.717, 1.165) is 62.6 Å². The minimum atomic E-state index is -3.22. The molecule has 4 aromatic rings. The van der Waals surface area contributed by atoms with E-state index in [2.05, 4.69) is 148 Å². The van der Waals surface area contributed by atoms with Gasteiger partial charge >= 0.3 is 265 Å². The molecule has 0 N–H and O–H groups in total. The van der Waals surface area contributed by atoms with Crippen LogP contribution in [0.4, 0.5) is 5.82 Å². The van der Waals surface area contributed by atoms with Crippen molar-refractivity contribution in [1.29, 1.82) is 0 Å². The molecule has 1 fully saturated rings. The Morgan fingerprint density at radius 2 is 1.12 bits per heavy atom. The SMILES string of the molecule is CC(C)(C)c1cc(N2CCN(CCCP(Cl)(c3ccccc3)(c3ccccc3)c3ccccc3)CC2)nc(C(C)(C)C)n1. The van der Waals surface area contributed by atoms with E-state index < -0.39 is 5.96 Å². The van der Waals surface area contributed by atoms with Crippen molar-refractivity contribution in [2.24, 2.45) is 0 Å². The molecule has 0 aliphatic carbocycles. The van der Waals surface area contributed by atoms with Gasteiger partial charge in [-0.05, 0) is 0 Å². The van der Waals surface area contributed by atoms with Gasteiger partial charge in [-0.15, -0.1) is 0 Å². The number of halogens is 1. The topological polar surface area (TPSA) is 32.3 Å². The summed E-state index contributed by atoms with van der Waals surface area (Å²) in [5, 5.41) is 3.72. The van der Waals surface area contributed by atoms with Gasteiger partial charge in [0.25, 0.3) is 0 Å². The zero-order chi connectivity index (χ0) is 30.7. The van der Waals surface area contributed by atoms with Gasteiger partial charge in [-0.3, -0.25) is 0 Å². The standard InChI is InChI=1S/C37H48ClN4P/c1-36(2,3)33-29-34(40-35(39-33)37(4,5)6)42-26-24-41(25-27-42)23-16-28-43(38,30-17-10-7-11-18-30,31-19-12-8-13-20-31)32-21-14-9-15-22-32/h7-15,17-22,29H,16,23-28H2,1-6H3. The van der Waals surface area contributed by atoms with Crippen molar-refractivity contribution in [2.45, 2.75) is 58.8 Å². The van der Waals surface area contributed by atoms with Crippen LogP contribution in [0, 0.1) is 0 Å². The van der Waals surface area contributed by atoms with Gasteiger partial charge < -0.3 is 0 Å². The molecule has 0 atom stereocenters. The second kappa shape index (κ2) is 12.3. The fourth-order valence-corrected chi connectivity index (χ4v) is 12.3. The summed E-state index contributed by atoms with van der Waals surface area (Å²) in [6.45, 7) is 18.3. The van der Waals surface area contributed by atoms with E-state index in [4.69, 9.17) is 21.2 Å². The van der Waals surface area contributed by atoms with Crippen molar-refractivity contribution in [2.75, 3.05) is 43.8 Å². The van der Waals surface area contributed by atoms with Gasteiger partial charge in [0.2, 0.25) is 0 Å². The van der Waals surface area contributed by atoms with Crippen LogP contribution in [0.3, 0.4) is 0 Å². The van der Waals surface area contributed by atoms with E-state index in [1.54, 1.807) is 0 Å². The average molecular weight is 615 g/mol. The maximum absolute atomic E-state index is 8.29. The van der Waals surface area contributed by atoms with Crippen LogP contribution in [-0.4, -0.2) is 53.8 Å². The van der Waals surface area contributed by atoms with Gasteiger partial charge in [0.1, 0.15) is 0 Å². The first-order chi connectivity index (χ1) is 20.4. The van der Waals surface area contributed by atoms with Crippen LogP contribution >= 0.6 is 17.2 Å². The second-order valence-corrected chi connectivity index (χ2v) is 20.6. The Balaban J connectivity index is 1.36. The molecule has 2 heterocycles. The third kappa shape index (κ3) is 6.53. The Kier molecular flexibility index (Phi) is 9.06. The molecule has 0 bridgehead atoms.